The average Bonchev–Trinajstić information content (AvgIpc) is 3.06. The molecule has 0 spiro atoms. The van der Waals surface area contributed by atoms with Crippen LogP contribution in [0.1, 0.15) is 24.2 Å². The van der Waals surface area contributed by atoms with E-state index < -0.39 is 10.8 Å². The van der Waals surface area contributed by atoms with Crippen molar-refractivity contribution in [1.29, 1.82) is 0 Å². The van der Waals surface area contributed by atoms with E-state index in [0.717, 1.165) is 10.2 Å². The number of aromatic nitrogens is 1. The van der Waals surface area contributed by atoms with Crippen molar-refractivity contribution in [1.82, 2.24) is 4.57 Å². The summed E-state index contributed by atoms with van der Waals surface area (Å²) < 4.78 is 13.9. The van der Waals surface area contributed by atoms with Crippen molar-refractivity contribution in [3.8, 4) is 5.75 Å². The molecule has 30 heavy (non-hydrogen) atoms. The fourth-order valence-corrected chi connectivity index (χ4v) is 4.19. The highest BCUT2D eigenvalue weighted by molar-refractivity contribution is 7.16. The Morgan fingerprint density at radius 3 is 2.77 bits per heavy atom. The topological polar surface area (TPSA) is 96.0 Å². The van der Waals surface area contributed by atoms with Gasteiger partial charge in [-0.05, 0) is 38.1 Å². The van der Waals surface area contributed by atoms with Gasteiger partial charge in [-0.15, -0.1) is 0 Å². The molecule has 10 heteroatoms. The Bertz CT molecular complexity index is 1160. The Labute approximate surface area is 181 Å². The fourth-order valence-electron chi connectivity index (χ4n) is 2.95. The van der Waals surface area contributed by atoms with E-state index in [9.17, 15) is 14.9 Å². The molecule has 1 heterocycles. The second-order valence-electron chi connectivity index (χ2n) is 6.10. The third kappa shape index (κ3) is 4.69. The molecule has 1 amide bonds. The molecular formula is C20H20ClN3O5S. The van der Waals surface area contributed by atoms with Crippen molar-refractivity contribution in [2.45, 2.75) is 20.4 Å². The van der Waals surface area contributed by atoms with Gasteiger partial charge >= 0.3 is 0 Å². The van der Waals surface area contributed by atoms with Crippen molar-refractivity contribution < 1.29 is 19.2 Å². The minimum atomic E-state index is -0.737. The highest BCUT2D eigenvalue weighted by Gasteiger charge is 2.21. The number of carbonyl (C=O) groups excluding carboxylic acids is 1. The molecule has 0 saturated heterocycles. The molecule has 0 aliphatic heterocycles. The number of ether oxygens (including phenoxy) is 2. The number of benzene rings is 2. The number of nitro benzene ring substituents is 1. The van der Waals surface area contributed by atoms with Gasteiger partial charge in [0.25, 0.3) is 11.6 Å². The fraction of sp³-hybridized carbons (Fsp3) is 0.300. The Hall–Kier alpha value is -2.75. The van der Waals surface area contributed by atoms with Gasteiger partial charge in [-0.25, -0.2) is 0 Å². The molecule has 0 atom stereocenters. The number of fused-ring (bicyclic) bond motifs is 1. The number of para-hydroxylation sites is 1. The van der Waals surface area contributed by atoms with Crippen LogP contribution in [-0.4, -0.2) is 35.2 Å². The van der Waals surface area contributed by atoms with E-state index in [4.69, 9.17) is 21.1 Å². The van der Waals surface area contributed by atoms with Gasteiger partial charge in [0.15, 0.2) is 4.80 Å². The Balaban J connectivity index is 2.17. The lowest BCUT2D eigenvalue weighted by atomic mass is 10.2. The van der Waals surface area contributed by atoms with Gasteiger partial charge in [0.2, 0.25) is 0 Å². The van der Waals surface area contributed by atoms with Crippen molar-refractivity contribution in [2.75, 3.05) is 19.8 Å². The minimum absolute atomic E-state index is 0.161. The van der Waals surface area contributed by atoms with E-state index in [1.165, 1.54) is 29.5 Å². The lowest BCUT2D eigenvalue weighted by Gasteiger charge is -2.09. The third-order valence-electron chi connectivity index (χ3n) is 4.21. The first kappa shape index (κ1) is 21.9. The van der Waals surface area contributed by atoms with Gasteiger partial charge in [-0.3, -0.25) is 14.9 Å². The number of hydrogen-bond acceptors (Lipinski definition) is 6. The van der Waals surface area contributed by atoms with Crippen LogP contribution < -0.4 is 9.54 Å². The molecular weight excluding hydrogens is 430 g/mol. The zero-order valence-electron chi connectivity index (χ0n) is 16.5. The van der Waals surface area contributed by atoms with Crippen molar-refractivity contribution in [2.24, 2.45) is 4.99 Å². The van der Waals surface area contributed by atoms with E-state index in [2.05, 4.69) is 4.99 Å². The molecule has 2 aromatic carbocycles. The van der Waals surface area contributed by atoms with Gasteiger partial charge in [0, 0.05) is 24.2 Å². The predicted octanol–water partition coefficient (Wildman–Crippen LogP) is 4.44. The van der Waals surface area contributed by atoms with E-state index in [1.807, 2.05) is 36.6 Å². The standard InChI is InChI=1S/C20H20ClN3O5S/c1-3-28-11-10-23-18-16(29-4-2)6-5-7-17(18)30-20(23)22-19(25)14-12-13(21)8-9-15(14)24(26)27/h5-9,12H,3-4,10-11H2,1-2H3. The SMILES string of the molecule is CCOCCn1c(=NC(=O)c2cc(Cl)ccc2[N+](=O)[O-])sc2cccc(OCC)c21. The maximum atomic E-state index is 12.9. The molecule has 0 radical (unpaired) electrons. The summed E-state index contributed by atoms with van der Waals surface area (Å²) >= 11 is 7.25. The molecule has 0 saturated carbocycles. The molecule has 3 aromatic rings. The summed E-state index contributed by atoms with van der Waals surface area (Å²) in [6, 6.07) is 9.45. The monoisotopic (exact) mass is 449 g/mol. The number of thiazole rings is 1. The average molecular weight is 450 g/mol. The predicted molar refractivity (Wildman–Crippen MR) is 115 cm³/mol. The zero-order valence-corrected chi connectivity index (χ0v) is 18.0. The molecule has 0 aliphatic rings. The first-order chi connectivity index (χ1) is 14.5. The van der Waals surface area contributed by atoms with Gasteiger partial charge in [0.1, 0.15) is 16.8 Å². The number of rotatable bonds is 8. The summed E-state index contributed by atoms with van der Waals surface area (Å²) in [5.74, 6) is -0.0655. The minimum Gasteiger partial charge on any atom is -0.492 e. The third-order valence-corrected chi connectivity index (χ3v) is 5.49. The van der Waals surface area contributed by atoms with Gasteiger partial charge < -0.3 is 14.0 Å². The van der Waals surface area contributed by atoms with Gasteiger partial charge in [-0.2, -0.15) is 4.99 Å². The quantitative estimate of drug-likeness (QED) is 0.288. The number of hydrogen-bond donors (Lipinski definition) is 0. The highest BCUT2D eigenvalue weighted by Crippen LogP contribution is 2.28. The summed E-state index contributed by atoms with van der Waals surface area (Å²) in [5.41, 5.74) is 0.299. The summed E-state index contributed by atoms with van der Waals surface area (Å²) in [6.45, 7) is 5.70. The van der Waals surface area contributed by atoms with Gasteiger partial charge in [-0.1, -0.05) is 29.0 Å². The zero-order chi connectivity index (χ0) is 21.7. The normalized spacial score (nSPS) is 11.8. The first-order valence-electron chi connectivity index (χ1n) is 9.32. The molecule has 0 bridgehead atoms. The van der Waals surface area contributed by atoms with Crippen LogP contribution in [-0.2, 0) is 11.3 Å². The summed E-state index contributed by atoms with van der Waals surface area (Å²) in [5, 5.41) is 11.5. The van der Waals surface area contributed by atoms with Crippen LogP contribution in [0.2, 0.25) is 5.02 Å². The van der Waals surface area contributed by atoms with E-state index >= 15 is 0 Å². The van der Waals surface area contributed by atoms with Crippen molar-refractivity contribution in [3.63, 3.8) is 0 Å². The molecule has 8 nitrogen and oxygen atoms in total. The highest BCUT2D eigenvalue weighted by atomic mass is 35.5. The number of carbonyl (C=O) groups is 1. The number of halogens is 1. The number of nitro groups is 1. The molecule has 0 fully saturated rings. The largest absolute Gasteiger partial charge is 0.492 e. The van der Waals surface area contributed by atoms with Crippen molar-refractivity contribution >= 4 is 44.7 Å². The lowest BCUT2D eigenvalue weighted by Crippen LogP contribution is -2.20. The Kier molecular flexibility index (Phi) is 7.20. The maximum Gasteiger partial charge on any atom is 0.286 e. The number of amides is 1. The lowest BCUT2D eigenvalue weighted by molar-refractivity contribution is -0.385. The second kappa shape index (κ2) is 9.84. The second-order valence-corrected chi connectivity index (χ2v) is 7.55. The van der Waals surface area contributed by atoms with Crippen LogP contribution in [0, 0.1) is 10.1 Å². The molecule has 1 aromatic heterocycles. The van der Waals surface area contributed by atoms with Crippen LogP contribution in [0.3, 0.4) is 0 Å². The van der Waals surface area contributed by atoms with Crippen LogP contribution in [0.5, 0.6) is 5.75 Å². The van der Waals surface area contributed by atoms with Crippen molar-refractivity contribution in [3.05, 3.63) is 61.9 Å². The Morgan fingerprint density at radius 2 is 2.07 bits per heavy atom. The molecule has 158 valence electrons. The summed E-state index contributed by atoms with van der Waals surface area (Å²) in [7, 11) is 0. The molecule has 0 unspecified atom stereocenters. The summed E-state index contributed by atoms with van der Waals surface area (Å²) in [4.78, 5) is 28.2. The van der Waals surface area contributed by atoms with E-state index in [0.29, 0.717) is 36.9 Å². The van der Waals surface area contributed by atoms with Gasteiger partial charge in [0.05, 0.1) is 22.8 Å². The van der Waals surface area contributed by atoms with Crippen LogP contribution in [0.25, 0.3) is 10.2 Å². The smallest absolute Gasteiger partial charge is 0.286 e. The first-order valence-corrected chi connectivity index (χ1v) is 10.5. The Morgan fingerprint density at radius 1 is 1.27 bits per heavy atom. The van der Waals surface area contributed by atoms with Crippen LogP contribution in [0.15, 0.2) is 41.4 Å². The summed E-state index contributed by atoms with van der Waals surface area (Å²) in [6.07, 6.45) is 0. The molecule has 0 N–H and O–H groups in total. The maximum absolute atomic E-state index is 12.9. The van der Waals surface area contributed by atoms with E-state index in [1.54, 1.807) is 0 Å². The van der Waals surface area contributed by atoms with Crippen LogP contribution in [0.4, 0.5) is 5.69 Å². The molecule has 3 rings (SSSR count). The molecule has 0 aliphatic carbocycles. The number of nitrogens with zero attached hydrogens (tertiary/aromatic N) is 3. The van der Waals surface area contributed by atoms with Crippen LogP contribution >= 0.6 is 22.9 Å². The van der Waals surface area contributed by atoms with E-state index in [-0.39, 0.29) is 16.3 Å².